The number of aliphatic hydroxyl groups is 1. The van der Waals surface area contributed by atoms with Crippen molar-refractivity contribution in [3.63, 3.8) is 0 Å². The molecule has 8 nitrogen and oxygen atoms in total. The summed E-state index contributed by atoms with van der Waals surface area (Å²) >= 11 is 0. The Morgan fingerprint density at radius 1 is 1.13 bits per heavy atom. The number of β-amino-alcohol motifs (C(OH)–C–C–N with tert-alkyl or cyclic N) is 1. The Morgan fingerprint density at radius 3 is 2.77 bits per heavy atom. The first-order valence-electron chi connectivity index (χ1n) is 11.1. The highest BCUT2D eigenvalue weighted by Gasteiger charge is 2.35. The molecule has 1 aliphatic heterocycles. The van der Waals surface area contributed by atoms with Gasteiger partial charge in [0.2, 0.25) is 0 Å². The van der Waals surface area contributed by atoms with Crippen LogP contribution in [0.4, 0.5) is 0 Å². The van der Waals surface area contributed by atoms with Gasteiger partial charge in [0.25, 0.3) is 5.91 Å². The summed E-state index contributed by atoms with van der Waals surface area (Å²) in [5, 5.41) is 20.1. The number of rotatable bonds is 4. The lowest BCUT2D eigenvalue weighted by atomic mass is 9.92. The number of fused-ring (bicyclic) bond motifs is 1. The molecule has 1 saturated heterocycles. The summed E-state index contributed by atoms with van der Waals surface area (Å²) in [5.41, 5.74) is 8.42. The largest absolute Gasteiger partial charge is 0.391 e. The summed E-state index contributed by atoms with van der Waals surface area (Å²) in [5.74, 6) is -0.190. The van der Waals surface area contributed by atoms with E-state index in [0.717, 1.165) is 42.1 Å². The van der Waals surface area contributed by atoms with E-state index in [4.69, 9.17) is 5.73 Å². The van der Waals surface area contributed by atoms with Crippen LogP contribution in [0.15, 0.2) is 42.7 Å². The van der Waals surface area contributed by atoms with Crippen LogP contribution in [0.5, 0.6) is 0 Å². The second-order valence-electron chi connectivity index (χ2n) is 8.88. The number of nitrogens with zero attached hydrogens (tertiary/aromatic N) is 5. The van der Waals surface area contributed by atoms with Crippen LogP contribution in [-0.4, -0.2) is 61.1 Å². The molecule has 2 atom stereocenters. The number of hydrogen-bond donors (Lipinski definition) is 2. The average Bonchev–Trinajstić information content (AvgIpc) is 3.42. The Balaban J connectivity index is 1.27. The van der Waals surface area contributed by atoms with E-state index in [0.29, 0.717) is 25.2 Å². The first-order valence-corrected chi connectivity index (χ1v) is 11.1. The standard InChI is InChI=1S/C23H28N6O2/c24-17-5-7-18(8-6-17)29-13-21(26-27-29)23(31)28-12-16(22(30)14-28)11-15-9-10-25-20-4-2-1-3-19(15)20/h1-4,9-10,13,16-18,22,30H,5-8,11-12,14,24H2/t16-,17?,18?,22-/m1/s1. The molecule has 8 heteroatoms. The van der Waals surface area contributed by atoms with Crippen molar-refractivity contribution in [2.45, 2.75) is 50.3 Å². The predicted octanol–water partition coefficient (Wildman–Crippen LogP) is 1.94. The molecule has 1 amide bonds. The predicted molar refractivity (Wildman–Crippen MR) is 116 cm³/mol. The first kappa shape index (κ1) is 20.1. The van der Waals surface area contributed by atoms with Crippen LogP contribution in [0.25, 0.3) is 10.9 Å². The Bertz CT molecular complexity index is 1070. The van der Waals surface area contributed by atoms with E-state index in [1.807, 2.05) is 28.9 Å². The topological polar surface area (TPSA) is 110 Å². The minimum atomic E-state index is -0.564. The van der Waals surface area contributed by atoms with Crippen LogP contribution in [0.3, 0.4) is 0 Å². The van der Waals surface area contributed by atoms with E-state index in [-0.39, 0.29) is 23.9 Å². The second-order valence-corrected chi connectivity index (χ2v) is 8.88. The van der Waals surface area contributed by atoms with Gasteiger partial charge in [0.15, 0.2) is 5.69 Å². The molecule has 5 rings (SSSR count). The van der Waals surface area contributed by atoms with Gasteiger partial charge >= 0.3 is 0 Å². The number of hydrogen-bond acceptors (Lipinski definition) is 6. The molecule has 0 spiro atoms. The maximum absolute atomic E-state index is 13.0. The van der Waals surface area contributed by atoms with Crippen molar-refractivity contribution in [3.8, 4) is 0 Å². The highest BCUT2D eigenvalue weighted by molar-refractivity contribution is 5.92. The highest BCUT2D eigenvalue weighted by Crippen LogP contribution is 2.28. The lowest BCUT2D eigenvalue weighted by Crippen LogP contribution is -2.30. The Morgan fingerprint density at radius 2 is 1.94 bits per heavy atom. The molecule has 0 radical (unpaired) electrons. The Kier molecular flexibility index (Phi) is 5.41. The number of aliphatic hydroxyl groups excluding tert-OH is 1. The van der Waals surface area contributed by atoms with Gasteiger partial charge in [0, 0.05) is 36.6 Å². The molecular formula is C23H28N6O2. The number of benzene rings is 1. The summed E-state index contributed by atoms with van der Waals surface area (Å²) in [4.78, 5) is 19.1. The second kappa shape index (κ2) is 8.36. The Labute approximate surface area is 181 Å². The van der Waals surface area contributed by atoms with Crippen LogP contribution in [0, 0.1) is 5.92 Å². The minimum Gasteiger partial charge on any atom is -0.391 e. The monoisotopic (exact) mass is 420 g/mol. The number of aromatic nitrogens is 4. The molecule has 2 fully saturated rings. The average molecular weight is 421 g/mol. The van der Waals surface area contributed by atoms with Crippen molar-refractivity contribution in [2.75, 3.05) is 13.1 Å². The maximum Gasteiger partial charge on any atom is 0.276 e. The molecule has 3 aromatic rings. The van der Waals surface area contributed by atoms with Gasteiger partial charge in [-0.25, -0.2) is 4.68 Å². The van der Waals surface area contributed by atoms with Crippen LogP contribution < -0.4 is 5.73 Å². The molecular weight excluding hydrogens is 392 g/mol. The molecule has 162 valence electrons. The number of nitrogens with two attached hydrogens (primary N) is 1. The smallest absolute Gasteiger partial charge is 0.276 e. The molecule has 2 aromatic heterocycles. The highest BCUT2D eigenvalue weighted by atomic mass is 16.3. The van der Waals surface area contributed by atoms with E-state index in [1.54, 1.807) is 17.3 Å². The molecule has 0 bridgehead atoms. The minimum absolute atomic E-state index is 0.0235. The Hall–Kier alpha value is -2.84. The normalized spacial score (nSPS) is 26.5. The number of likely N-dealkylation sites (tertiary alicyclic amines) is 1. The number of para-hydroxylation sites is 1. The zero-order valence-corrected chi connectivity index (χ0v) is 17.5. The molecule has 1 aromatic carbocycles. The van der Waals surface area contributed by atoms with E-state index in [1.165, 1.54) is 0 Å². The summed E-state index contributed by atoms with van der Waals surface area (Å²) in [6, 6.07) is 10.5. The van der Waals surface area contributed by atoms with E-state index in [9.17, 15) is 9.90 Å². The van der Waals surface area contributed by atoms with Gasteiger partial charge < -0.3 is 15.7 Å². The van der Waals surface area contributed by atoms with Crippen molar-refractivity contribution in [2.24, 2.45) is 11.7 Å². The number of pyridine rings is 1. The lowest BCUT2D eigenvalue weighted by Gasteiger charge is -2.25. The van der Waals surface area contributed by atoms with E-state index in [2.05, 4.69) is 21.4 Å². The summed E-state index contributed by atoms with van der Waals surface area (Å²) < 4.78 is 1.81. The first-order chi connectivity index (χ1) is 15.1. The fourth-order valence-corrected chi connectivity index (χ4v) is 4.92. The fourth-order valence-electron chi connectivity index (χ4n) is 4.92. The van der Waals surface area contributed by atoms with E-state index < -0.39 is 6.10 Å². The van der Waals surface area contributed by atoms with Gasteiger partial charge in [-0.3, -0.25) is 9.78 Å². The number of carbonyl (C=O) groups is 1. The zero-order valence-electron chi connectivity index (χ0n) is 17.5. The third-order valence-corrected chi connectivity index (χ3v) is 6.76. The molecule has 31 heavy (non-hydrogen) atoms. The zero-order chi connectivity index (χ0) is 21.4. The fraction of sp³-hybridized carbons (Fsp3) is 0.478. The molecule has 2 aliphatic rings. The third kappa shape index (κ3) is 4.05. The molecule has 3 heterocycles. The van der Waals surface area contributed by atoms with Gasteiger partial charge in [0.05, 0.1) is 23.9 Å². The van der Waals surface area contributed by atoms with Gasteiger partial charge in [-0.1, -0.05) is 23.4 Å². The van der Waals surface area contributed by atoms with Crippen LogP contribution in [0.1, 0.15) is 47.8 Å². The lowest BCUT2D eigenvalue weighted by molar-refractivity contribution is 0.0758. The van der Waals surface area contributed by atoms with Crippen LogP contribution >= 0.6 is 0 Å². The SMILES string of the molecule is NC1CCC(n2cc(C(=O)N3C[C@@H](Cc4ccnc5ccccc45)[C@H](O)C3)nn2)CC1. The number of amides is 1. The van der Waals surface area contributed by atoms with Gasteiger partial charge in [-0.15, -0.1) is 5.10 Å². The van der Waals surface area contributed by atoms with Crippen molar-refractivity contribution < 1.29 is 9.90 Å². The molecule has 1 saturated carbocycles. The van der Waals surface area contributed by atoms with E-state index >= 15 is 0 Å². The van der Waals surface area contributed by atoms with Crippen LogP contribution in [0.2, 0.25) is 0 Å². The molecule has 0 unspecified atom stereocenters. The summed E-state index contributed by atoms with van der Waals surface area (Å²) in [7, 11) is 0. The van der Waals surface area contributed by atoms with Crippen molar-refractivity contribution in [1.82, 2.24) is 24.9 Å². The maximum atomic E-state index is 13.0. The van der Waals surface area contributed by atoms with Crippen molar-refractivity contribution >= 4 is 16.8 Å². The summed E-state index contributed by atoms with van der Waals surface area (Å²) in [6.45, 7) is 0.819. The van der Waals surface area contributed by atoms with Crippen molar-refractivity contribution in [3.05, 3.63) is 54.0 Å². The van der Waals surface area contributed by atoms with Gasteiger partial charge in [-0.2, -0.15) is 0 Å². The third-order valence-electron chi connectivity index (χ3n) is 6.76. The van der Waals surface area contributed by atoms with Gasteiger partial charge in [0.1, 0.15) is 0 Å². The summed E-state index contributed by atoms with van der Waals surface area (Å²) in [6.07, 6.45) is 7.55. The van der Waals surface area contributed by atoms with Crippen LogP contribution in [-0.2, 0) is 6.42 Å². The number of carbonyl (C=O) groups excluding carboxylic acids is 1. The quantitative estimate of drug-likeness (QED) is 0.667. The molecule has 3 N–H and O–H groups in total. The van der Waals surface area contributed by atoms with Gasteiger partial charge in [-0.05, 0) is 49.8 Å². The molecule has 1 aliphatic carbocycles. The van der Waals surface area contributed by atoms with Crippen molar-refractivity contribution in [1.29, 1.82) is 0 Å².